The number of aryl methyl sites for hydroxylation is 1. The van der Waals surface area contributed by atoms with Crippen LogP contribution in [0, 0.1) is 0 Å². The van der Waals surface area contributed by atoms with Gasteiger partial charge in [-0.2, -0.15) is 13.2 Å². The van der Waals surface area contributed by atoms with E-state index in [9.17, 15) is 13.2 Å². The lowest BCUT2D eigenvalue weighted by molar-refractivity contribution is -0.137. The summed E-state index contributed by atoms with van der Waals surface area (Å²) in [6.07, 6.45) is -2.06. The van der Waals surface area contributed by atoms with Crippen molar-refractivity contribution in [3.05, 3.63) is 46.7 Å². The Morgan fingerprint density at radius 2 is 1.79 bits per heavy atom. The third-order valence-electron chi connectivity index (χ3n) is 2.66. The highest BCUT2D eigenvalue weighted by molar-refractivity contribution is 6.30. The summed E-state index contributed by atoms with van der Waals surface area (Å²) >= 11 is 5.95. The van der Waals surface area contributed by atoms with Gasteiger partial charge in [0.05, 0.1) is 5.56 Å². The number of aromatic nitrogens is 2. The minimum atomic E-state index is -4.34. The molecule has 0 amide bonds. The average molecular weight is 287 g/mol. The van der Waals surface area contributed by atoms with Crippen molar-refractivity contribution in [3.63, 3.8) is 0 Å². The Morgan fingerprint density at radius 3 is 2.26 bits per heavy atom. The summed E-state index contributed by atoms with van der Waals surface area (Å²) in [4.78, 5) is 8.17. The molecule has 0 fully saturated rings. The highest BCUT2D eigenvalue weighted by atomic mass is 35.5. The van der Waals surface area contributed by atoms with Crippen LogP contribution >= 0.6 is 11.6 Å². The van der Waals surface area contributed by atoms with E-state index >= 15 is 0 Å². The minimum absolute atomic E-state index is 0.316. The summed E-state index contributed by atoms with van der Waals surface area (Å²) in [5.74, 6) is 0.316. The zero-order valence-electron chi connectivity index (χ0n) is 10.0. The second-order valence-electron chi connectivity index (χ2n) is 3.94. The Labute approximate surface area is 113 Å². The fourth-order valence-corrected chi connectivity index (χ4v) is 1.83. The fraction of sp³-hybridized carbons (Fsp3) is 0.231. The second-order valence-corrected chi connectivity index (χ2v) is 4.30. The van der Waals surface area contributed by atoms with Gasteiger partial charge in [-0.15, -0.1) is 0 Å². The van der Waals surface area contributed by atoms with Gasteiger partial charge in [0.1, 0.15) is 5.15 Å². The molecule has 1 aromatic heterocycles. The van der Waals surface area contributed by atoms with E-state index in [0.717, 1.165) is 17.7 Å². The lowest BCUT2D eigenvalue weighted by Crippen LogP contribution is -2.04. The van der Waals surface area contributed by atoms with E-state index in [-0.39, 0.29) is 0 Å². The van der Waals surface area contributed by atoms with Gasteiger partial charge in [0.15, 0.2) is 5.82 Å². The molecule has 1 aromatic carbocycles. The molecule has 0 atom stereocenters. The monoisotopic (exact) mass is 286 g/mol. The van der Waals surface area contributed by atoms with Gasteiger partial charge in [-0.05, 0) is 18.6 Å². The quantitative estimate of drug-likeness (QED) is 0.766. The van der Waals surface area contributed by atoms with Gasteiger partial charge in [0.25, 0.3) is 0 Å². The van der Waals surface area contributed by atoms with Gasteiger partial charge < -0.3 is 0 Å². The van der Waals surface area contributed by atoms with Crippen molar-refractivity contribution in [2.24, 2.45) is 0 Å². The highest BCUT2D eigenvalue weighted by Crippen LogP contribution is 2.30. The molecule has 0 saturated carbocycles. The molecule has 0 aliphatic carbocycles. The summed E-state index contributed by atoms with van der Waals surface area (Å²) in [6.45, 7) is 1.92. The first-order chi connectivity index (χ1) is 8.91. The van der Waals surface area contributed by atoms with Crippen molar-refractivity contribution in [1.82, 2.24) is 9.97 Å². The molecule has 6 heteroatoms. The number of benzene rings is 1. The van der Waals surface area contributed by atoms with Crippen LogP contribution in [0.1, 0.15) is 18.1 Å². The summed E-state index contributed by atoms with van der Waals surface area (Å²) < 4.78 is 37.3. The fourth-order valence-electron chi connectivity index (χ4n) is 1.57. The molecular weight excluding hydrogens is 277 g/mol. The van der Waals surface area contributed by atoms with Gasteiger partial charge >= 0.3 is 6.18 Å². The molecule has 0 saturated heterocycles. The first-order valence-corrected chi connectivity index (χ1v) is 5.98. The number of alkyl halides is 3. The Hall–Kier alpha value is -1.62. The number of rotatable bonds is 2. The van der Waals surface area contributed by atoms with Crippen molar-refractivity contribution in [2.75, 3.05) is 0 Å². The second kappa shape index (κ2) is 5.17. The molecule has 0 spiro atoms. The summed E-state index contributed by atoms with van der Waals surface area (Å²) in [6, 6.07) is 4.67. The van der Waals surface area contributed by atoms with Crippen LogP contribution in [0.5, 0.6) is 0 Å². The average Bonchev–Trinajstić information content (AvgIpc) is 2.38. The molecule has 0 aliphatic heterocycles. The number of hydrogen-bond acceptors (Lipinski definition) is 2. The maximum absolute atomic E-state index is 12.4. The van der Waals surface area contributed by atoms with Crippen molar-refractivity contribution < 1.29 is 13.2 Å². The molecule has 0 aliphatic rings. The first-order valence-electron chi connectivity index (χ1n) is 5.61. The summed E-state index contributed by atoms with van der Waals surface area (Å²) in [5, 5.41) is 0.326. The van der Waals surface area contributed by atoms with Crippen LogP contribution in [-0.2, 0) is 12.6 Å². The minimum Gasteiger partial charge on any atom is -0.236 e. The number of halogens is 4. The lowest BCUT2D eigenvalue weighted by Gasteiger charge is -2.07. The third-order valence-corrected chi connectivity index (χ3v) is 2.99. The summed E-state index contributed by atoms with van der Waals surface area (Å²) in [5.41, 5.74) is 0.599. The van der Waals surface area contributed by atoms with Crippen LogP contribution in [0.15, 0.2) is 30.5 Å². The number of nitrogens with zero attached hydrogens (tertiary/aromatic N) is 2. The van der Waals surface area contributed by atoms with E-state index in [0.29, 0.717) is 23.0 Å². The van der Waals surface area contributed by atoms with Crippen molar-refractivity contribution >= 4 is 11.6 Å². The van der Waals surface area contributed by atoms with Crippen molar-refractivity contribution in [2.45, 2.75) is 19.5 Å². The molecule has 100 valence electrons. The molecule has 2 rings (SSSR count). The maximum atomic E-state index is 12.4. The Balaban J connectivity index is 2.35. The normalized spacial score (nSPS) is 11.6. The van der Waals surface area contributed by atoms with E-state index < -0.39 is 11.7 Å². The van der Waals surface area contributed by atoms with E-state index in [1.807, 2.05) is 6.92 Å². The van der Waals surface area contributed by atoms with E-state index in [2.05, 4.69) is 9.97 Å². The zero-order valence-corrected chi connectivity index (χ0v) is 10.8. The molecule has 0 radical (unpaired) electrons. The molecule has 19 heavy (non-hydrogen) atoms. The smallest absolute Gasteiger partial charge is 0.236 e. The van der Waals surface area contributed by atoms with Crippen molar-refractivity contribution in [1.29, 1.82) is 0 Å². The Bertz CT molecular complexity index is 579. The largest absolute Gasteiger partial charge is 0.416 e. The highest BCUT2D eigenvalue weighted by Gasteiger charge is 2.30. The summed E-state index contributed by atoms with van der Waals surface area (Å²) in [7, 11) is 0. The Morgan fingerprint density at radius 1 is 1.16 bits per heavy atom. The molecule has 0 N–H and O–H groups in total. The molecule has 0 bridgehead atoms. The topological polar surface area (TPSA) is 25.8 Å². The SMILES string of the molecule is CCc1cnc(-c2ccc(C(F)(F)F)cc2)nc1Cl. The van der Waals surface area contributed by atoms with Crippen LogP contribution in [-0.4, -0.2) is 9.97 Å². The van der Waals surface area contributed by atoms with Crippen LogP contribution in [0.4, 0.5) is 13.2 Å². The van der Waals surface area contributed by atoms with Crippen LogP contribution in [0.2, 0.25) is 5.15 Å². The van der Waals surface area contributed by atoms with E-state index in [1.165, 1.54) is 12.1 Å². The number of hydrogen-bond donors (Lipinski definition) is 0. The lowest BCUT2D eigenvalue weighted by atomic mass is 10.1. The molecule has 2 nitrogen and oxygen atoms in total. The van der Waals surface area contributed by atoms with Gasteiger partial charge in [0, 0.05) is 17.3 Å². The molecule has 1 heterocycles. The molecule has 0 unspecified atom stereocenters. The van der Waals surface area contributed by atoms with Gasteiger partial charge in [-0.25, -0.2) is 9.97 Å². The van der Waals surface area contributed by atoms with Crippen LogP contribution in [0.25, 0.3) is 11.4 Å². The van der Waals surface area contributed by atoms with Gasteiger partial charge in [-0.1, -0.05) is 30.7 Å². The Kier molecular flexibility index (Phi) is 3.75. The standard InChI is InChI=1S/C13H10ClF3N2/c1-2-8-7-18-12(19-11(8)14)9-3-5-10(6-4-9)13(15,16)17/h3-7H,2H2,1H3. The predicted octanol–water partition coefficient (Wildman–Crippen LogP) is 4.38. The van der Waals surface area contributed by atoms with E-state index in [1.54, 1.807) is 6.20 Å². The predicted molar refractivity (Wildman–Crippen MR) is 66.9 cm³/mol. The van der Waals surface area contributed by atoms with E-state index in [4.69, 9.17) is 11.6 Å². The van der Waals surface area contributed by atoms with Crippen LogP contribution in [0.3, 0.4) is 0 Å². The molecule has 2 aromatic rings. The van der Waals surface area contributed by atoms with Gasteiger partial charge in [-0.3, -0.25) is 0 Å². The third kappa shape index (κ3) is 3.04. The molecular formula is C13H10ClF3N2. The zero-order chi connectivity index (χ0) is 14.0. The maximum Gasteiger partial charge on any atom is 0.416 e. The first kappa shape index (κ1) is 13.8. The van der Waals surface area contributed by atoms with Gasteiger partial charge in [0.2, 0.25) is 0 Å². The van der Waals surface area contributed by atoms with Crippen LogP contribution < -0.4 is 0 Å². The van der Waals surface area contributed by atoms with Crippen molar-refractivity contribution in [3.8, 4) is 11.4 Å².